The van der Waals surface area contributed by atoms with E-state index in [1.807, 2.05) is 51.1 Å². The highest BCUT2D eigenvalue weighted by Gasteiger charge is 2.39. The van der Waals surface area contributed by atoms with Crippen LogP contribution in [0.1, 0.15) is 51.0 Å². The molecule has 258 valence electrons. The number of imide groups is 1. The highest BCUT2D eigenvalue weighted by Crippen LogP contribution is 2.39. The highest BCUT2D eigenvalue weighted by atomic mass is 32.2. The number of hydrogen-bond donors (Lipinski definition) is 3. The molecule has 2 heterocycles. The fraction of sp³-hybridized carbons (Fsp3) is 0.441. The largest absolute Gasteiger partial charge is 0.387 e. The molecule has 0 saturated carbocycles. The van der Waals surface area contributed by atoms with Gasteiger partial charge in [-0.3, -0.25) is 24.1 Å². The lowest BCUT2D eigenvalue weighted by Crippen LogP contribution is -2.48. The number of aliphatic hydroxyl groups is 1. The van der Waals surface area contributed by atoms with Gasteiger partial charge in [-0.1, -0.05) is 51.1 Å². The first-order chi connectivity index (χ1) is 22.7. The van der Waals surface area contributed by atoms with E-state index in [4.69, 9.17) is 10.7 Å². The Labute approximate surface area is 282 Å². The highest BCUT2D eigenvalue weighted by molar-refractivity contribution is 8.00. The van der Waals surface area contributed by atoms with Crippen molar-refractivity contribution in [2.45, 2.75) is 57.5 Å². The van der Waals surface area contributed by atoms with E-state index in [-0.39, 0.29) is 55.5 Å². The Hall–Kier alpha value is -4.14. The molecule has 11 nitrogen and oxygen atoms in total. The first kappa shape index (κ1) is 36.7. The number of nitrogens with two attached hydrogens (primary N) is 1. The van der Waals surface area contributed by atoms with Gasteiger partial charge in [0.1, 0.15) is 24.1 Å². The molecule has 1 saturated heterocycles. The summed E-state index contributed by atoms with van der Waals surface area (Å²) in [6.07, 6.45) is 3.50. The molecule has 48 heavy (non-hydrogen) atoms. The summed E-state index contributed by atoms with van der Waals surface area (Å²) < 4.78 is 30.9. The number of imidazole rings is 1. The van der Waals surface area contributed by atoms with Crippen LogP contribution in [0.15, 0.2) is 54.7 Å². The Bertz CT molecular complexity index is 1630. The molecular weight excluding hydrogens is 642 g/mol. The maximum Gasteiger partial charge on any atom is 0.248 e. The molecule has 0 aliphatic carbocycles. The van der Waals surface area contributed by atoms with E-state index in [9.17, 15) is 33.1 Å². The monoisotopic (exact) mass is 684 g/mol. The van der Waals surface area contributed by atoms with Crippen molar-refractivity contribution in [3.05, 3.63) is 77.8 Å². The number of thioether (sulfide) groups is 1. The number of nitrogens with zero attached hydrogens (tertiary/aromatic N) is 4. The van der Waals surface area contributed by atoms with Gasteiger partial charge in [-0.25, -0.2) is 13.8 Å². The Morgan fingerprint density at radius 2 is 1.88 bits per heavy atom. The fourth-order valence-electron chi connectivity index (χ4n) is 5.76. The molecule has 4 N–H and O–H groups in total. The number of benzene rings is 2. The second-order valence-electron chi connectivity index (χ2n) is 12.7. The summed E-state index contributed by atoms with van der Waals surface area (Å²) in [7, 11) is 0. The molecule has 14 heteroatoms. The van der Waals surface area contributed by atoms with Crippen LogP contribution in [-0.4, -0.2) is 91.9 Å². The first-order valence-electron chi connectivity index (χ1n) is 15.6. The van der Waals surface area contributed by atoms with Gasteiger partial charge in [-0.05, 0) is 41.9 Å². The van der Waals surface area contributed by atoms with E-state index >= 15 is 0 Å². The molecule has 0 radical (unpaired) electrons. The number of aliphatic hydroxyl groups excluding tert-OH is 1. The Kier molecular flexibility index (Phi) is 12.1. The number of hydrogen-bond acceptors (Lipinski definition) is 8. The zero-order valence-corrected chi connectivity index (χ0v) is 28.3. The molecule has 4 rings (SSSR count). The Morgan fingerprint density at radius 3 is 2.50 bits per heavy atom. The average molecular weight is 685 g/mol. The predicted molar refractivity (Wildman–Crippen MR) is 178 cm³/mol. The minimum atomic E-state index is -1.07. The van der Waals surface area contributed by atoms with Crippen molar-refractivity contribution in [2.24, 2.45) is 11.1 Å². The van der Waals surface area contributed by atoms with E-state index in [0.717, 1.165) is 28.7 Å². The summed E-state index contributed by atoms with van der Waals surface area (Å²) in [5.74, 6) is -2.68. The van der Waals surface area contributed by atoms with Crippen LogP contribution in [0.25, 0.3) is 11.3 Å². The van der Waals surface area contributed by atoms with Crippen molar-refractivity contribution in [3.63, 3.8) is 0 Å². The molecule has 1 aliphatic heterocycles. The van der Waals surface area contributed by atoms with Gasteiger partial charge >= 0.3 is 0 Å². The summed E-state index contributed by atoms with van der Waals surface area (Å²) in [6.45, 7) is 5.12. The van der Waals surface area contributed by atoms with Crippen LogP contribution in [0.4, 0.5) is 8.78 Å². The summed E-state index contributed by atoms with van der Waals surface area (Å²) in [5.41, 5.74) is 6.55. The number of nitrogens with one attached hydrogen (secondary N) is 1. The van der Waals surface area contributed by atoms with Crippen LogP contribution >= 0.6 is 11.8 Å². The normalized spacial score (nSPS) is 16.2. The number of amides is 4. The van der Waals surface area contributed by atoms with E-state index in [1.54, 1.807) is 17.0 Å². The number of aromatic nitrogens is 2. The minimum absolute atomic E-state index is 0.00501. The number of halogens is 2. The second kappa shape index (κ2) is 15.8. The van der Waals surface area contributed by atoms with Crippen molar-refractivity contribution in [1.82, 2.24) is 24.7 Å². The molecule has 2 aromatic carbocycles. The van der Waals surface area contributed by atoms with Gasteiger partial charge in [0.15, 0.2) is 0 Å². The van der Waals surface area contributed by atoms with Gasteiger partial charge in [0.05, 0.1) is 23.0 Å². The number of carbonyl (C=O) groups is 4. The molecule has 4 amide bonds. The van der Waals surface area contributed by atoms with Crippen molar-refractivity contribution in [2.75, 3.05) is 32.5 Å². The second-order valence-corrected chi connectivity index (χ2v) is 13.8. The van der Waals surface area contributed by atoms with Crippen LogP contribution in [0.2, 0.25) is 0 Å². The Morgan fingerprint density at radius 1 is 1.17 bits per heavy atom. The van der Waals surface area contributed by atoms with Crippen LogP contribution in [-0.2, 0) is 25.7 Å². The van der Waals surface area contributed by atoms with Gasteiger partial charge < -0.3 is 25.6 Å². The van der Waals surface area contributed by atoms with Gasteiger partial charge in [0, 0.05) is 44.4 Å². The third kappa shape index (κ3) is 8.65. The number of likely N-dealkylation sites (tertiary alicyclic amines) is 1. The van der Waals surface area contributed by atoms with Gasteiger partial charge in [0.25, 0.3) is 0 Å². The predicted octanol–water partition coefficient (Wildman–Crippen LogP) is 3.11. The third-order valence-corrected chi connectivity index (χ3v) is 9.12. The van der Waals surface area contributed by atoms with E-state index in [0.29, 0.717) is 12.4 Å². The summed E-state index contributed by atoms with van der Waals surface area (Å²) >= 11 is 1.30. The molecule has 0 spiro atoms. The van der Waals surface area contributed by atoms with Crippen molar-refractivity contribution < 1.29 is 33.1 Å². The maximum absolute atomic E-state index is 14.9. The standard InChI is InChI=1S/C34H42F2N6O5S/c1-34(2,3)30(31-39-26(23-16-22(35)10-11-24(23)36)19-40(31)18-21-8-6-5-7-9-21)41(29(45)20-43)14-12-25(37)32(46)38-13-15-42-28(44)17-27(48-4)33(42)47/h5-11,16,19,25,27,30,43H,12-15,17-18,20,37H2,1-4H3,(H,38,46)/t25-,27?,30-/m0/s1. The number of rotatable bonds is 14. The third-order valence-electron chi connectivity index (χ3n) is 8.18. The zero-order valence-electron chi connectivity index (χ0n) is 27.5. The van der Waals surface area contributed by atoms with E-state index in [1.165, 1.54) is 16.7 Å². The quantitative estimate of drug-likeness (QED) is 0.219. The zero-order chi connectivity index (χ0) is 35.2. The fourth-order valence-corrected chi connectivity index (χ4v) is 6.40. The van der Waals surface area contributed by atoms with E-state index in [2.05, 4.69) is 5.32 Å². The van der Waals surface area contributed by atoms with Gasteiger partial charge in [0.2, 0.25) is 23.6 Å². The molecule has 1 aromatic heterocycles. The van der Waals surface area contributed by atoms with Crippen LogP contribution in [0, 0.1) is 17.0 Å². The first-order valence-corrected chi connectivity index (χ1v) is 16.9. The summed E-state index contributed by atoms with van der Waals surface area (Å²) in [5, 5.41) is 12.2. The lowest BCUT2D eigenvalue weighted by molar-refractivity contribution is -0.140. The van der Waals surface area contributed by atoms with Crippen molar-refractivity contribution in [1.29, 1.82) is 0 Å². The Balaban J connectivity index is 1.59. The lowest BCUT2D eigenvalue weighted by atomic mass is 9.84. The molecule has 0 bridgehead atoms. The van der Waals surface area contributed by atoms with Crippen LogP contribution in [0.3, 0.4) is 0 Å². The smallest absolute Gasteiger partial charge is 0.248 e. The maximum atomic E-state index is 14.9. The number of carbonyl (C=O) groups excluding carboxylic acids is 4. The molecule has 1 aliphatic rings. The molecule has 1 unspecified atom stereocenters. The van der Waals surface area contributed by atoms with Crippen molar-refractivity contribution >= 4 is 35.4 Å². The molecular formula is C34H42F2N6O5S. The van der Waals surface area contributed by atoms with Gasteiger partial charge in [-0.2, -0.15) is 11.8 Å². The summed E-state index contributed by atoms with van der Waals surface area (Å²) in [4.78, 5) is 58.1. The van der Waals surface area contributed by atoms with E-state index < -0.39 is 52.8 Å². The van der Waals surface area contributed by atoms with Crippen molar-refractivity contribution in [3.8, 4) is 11.3 Å². The minimum Gasteiger partial charge on any atom is -0.387 e. The van der Waals surface area contributed by atoms with Crippen LogP contribution in [0.5, 0.6) is 0 Å². The van der Waals surface area contributed by atoms with Gasteiger partial charge in [-0.15, -0.1) is 0 Å². The molecule has 3 atom stereocenters. The topological polar surface area (TPSA) is 151 Å². The average Bonchev–Trinajstić information content (AvgIpc) is 3.58. The SMILES string of the molecule is CSC1CC(=O)N(CCNC(=O)[C@@H](N)CCN(C(=O)CO)[C@@H](c2nc(-c3cc(F)ccc3F)cn2Cc2ccccc2)C(C)(C)C)C1=O. The van der Waals surface area contributed by atoms with Crippen LogP contribution < -0.4 is 11.1 Å². The molecule has 3 aromatic rings. The molecule has 1 fully saturated rings. The summed E-state index contributed by atoms with van der Waals surface area (Å²) in [6, 6.07) is 10.7. The lowest BCUT2D eigenvalue weighted by Gasteiger charge is -2.40.